The number of likely N-dealkylation sites (tertiary alicyclic amines) is 1. The Morgan fingerprint density at radius 1 is 1.32 bits per heavy atom. The Hall–Kier alpha value is -1.40. The summed E-state index contributed by atoms with van der Waals surface area (Å²) >= 11 is 0. The van der Waals surface area contributed by atoms with Crippen LogP contribution in [0.3, 0.4) is 0 Å². The Bertz CT molecular complexity index is 610. The zero-order valence-corrected chi connectivity index (χ0v) is 13.9. The summed E-state index contributed by atoms with van der Waals surface area (Å²) in [7, 11) is -1.88. The maximum absolute atomic E-state index is 12.4. The number of nitrogens with zero attached hydrogens (tertiary/aromatic N) is 1. The van der Waals surface area contributed by atoms with Gasteiger partial charge in [-0.2, -0.15) is 0 Å². The molecule has 1 aliphatic rings. The summed E-state index contributed by atoms with van der Waals surface area (Å²) < 4.78 is 28.9. The van der Waals surface area contributed by atoms with Crippen LogP contribution in [0.4, 0.5) is 0 Å². The van der Waals surface area contributed by atoms with Crippen LogP contribution < -0.4 is 0 Å². The second-order valence-corrected chi connectivity index (χ2v) is 7.94. The number of ether oxygens (including phenoxy) is 1. The summed E-state index contributed by atoms with van der Waals surface area (Å²) in [6, 6.07) is 6.21. The van der Waals surface area contributed by atoms with Gasteiger partial charge in [-0.3, -0.25) is 4.79 Å². The van der Waals surface area contributed by atoms with E-state index in [1.54, 1.807) is 12.1 Å². The van der Waals surface area contributed by atoms with Crippen LogP contribution in [0.1, 0.15) is 30.1 Å². The molecule has 22 heavy (non-hydrogen) atoms. The molecule has 0 radical (unpaired) electrons. The molecule has 1 aromatic rings. The molecule has 5 nitrogen and oxygen atoms in total. The van der Waals surface area contributed by atoms with E-state index >= 15 is 0 Å². The molecule has 0 N–H and O–H groups in total. The van der Waals surface area contributed by atoms with Crippen molar-refractivity contribution in [1.82, 2.24) is 4.90 Å². The minimum absolute atomic E-state index is 0.0209. The first-order valence-corrected chi connectivity index (χ1v) is 9.20. The van der Waals surface area contributed by atoms with E-state index in [1.165, 1.54) is 19.2 Å². The molecule has 0 spiro atoms. The summed E-state index contributed by atoms with van der Waals surface area (Å²) in [5, 5.41) is 0. The lowest BCUT2D eigenvalue weighted by Crippen LogP contribution is -2.39. The lowest BCUT2D eigenvalue weighted by atomic mass is 9.99. The van der Waals surface area contributed by atoms with Crippen molar-refractivity contribution in [2.45, 2.75) is 24.7 Å². The minimum Gasteiger partial charge on any atom is -0.384 e. The average molecular weight is 325 g/mol. The fourth-order valence-corrected chi connectivity index (χ4v) is 3.84. The molecule has 0 bridgehead atoms. The predicted molar refractivity (Wildman–Crippen MR) is 84.7 cm³/mol. The number of hydrogen-bond donors (Lipinski definition) is 0. The molecule has 1 heterocycles. The van der Waals surface area contributed by atoms with Gasteiger partial charge >= 0.3 is 0 Å². The first-order valence-electron chi connectivity index (χ1n) is 7.55. The van der Waals surface area contributed by atoms with Crippen LogP contribution in [0.2, 0.25) is 0 Å². The highest BCUT2D eigenvalue weighted by Gasteiger charge is 2.22. The molecular formula is C16H23NO4S. The summed E-state index contributed by atoms with van der Waals surface area (Å²) in [6.45, 7) is 3.85. The number of methoxy groups -OCH3 is 1. The number of sulfone groups is 1. The first kappa shape index (κ1) is 17.0. The van der Waals surface area contributed by atoms with Gasteiger partial charge < -0.3 is 9.64 Å². The molecule has 1 aliphatic heterocycles. The summed E-state index contributed by atoms with van der Waals surface area (Å²) in [5.74, 6) is 0.444. The molecule has 0 aromatic heterocycles. The van der Waals surface area contributed by atoms with E-state index in [0.29, 0.717) is 11.5 Å². The first-order chi connectivity index (χ1) is 10.4. The number of carbonyl (C=O) groups excluding carboxylic acids is 1. The van der Waals surface area contributed by atoms with Crippen molar-refractivity contribution in [2.24, 2.45) is 5.92 Å². The van der Waals surface area contributed by atoms with Gasteiger partial charge in [0.25, 0.3) is 5.91 Å². The van der Waals surface area contributed by atoms with Crippen LogP contribution in [0.25, 0.3) is 0 Å². The van der Waals surface area contributed by atoms with E-state index in [-0.39, 0.29) is 23.2 Å². The van der Waals surface area contributed by atoms with Gasteiger partial charge in [0.05, 0.1) is 17.3 Å². The molecule has 1 amide bonds. The molecule has 1 aromatic carbocycles. The normalized spacial score (nSPS) is 19.2. The van der Waals surface area contributed by atoms with Crippen molar-refractivity contribution in [3.8, 4) is 0 Å². The Labute approximate surface area is 132 Å². The van der Waals surface area contributed by atoms with E-state index in [4.69, 9.17) is 4.74 Å². The summed E-state index contributed by atoms with van der Waals surface area (Å²) in [5.41, 5.74) is 0.541. The number of carbonyl (C=O) groups is 1. The second kappa shape index (κ2) is 7.24. The standard InChI is InChI=1S/C16H23NO4S/c1-13-4-3-9-17(12-13)16(18)14-5-7-15(8-6-14)22(19,20)11-10-21-2/h5-8,13H,3-4,9-12H2,1-2H3/t13-/m0/s1. The summed E-state index contributed by atoms with van der Waals surface area (Å²) in [6.07, 6.45) is 2.18. The van der Waals surface area contributed by atoms with Crippen LogP contribution in [0.5, 0.6) is 0 Å². The van der Waals surface area contributed by atoms with Crippen molar-refractivity contribution in [3.05, 3.63) is 29.8 Å². The van der Waals surface area contributed by atoms with Gasteiger partial charge in [-0.1, -0.05) is 6.92 Å². The fourth-order valence-electron chi connectivity index (χ4n) is 2.67. The van der Waals surface area contributed by atoms with E-state index in [0.717, 1.165) is 25.9 Å². The van der Waals surface area contributed by atoms with Crippen LogP contribution in [0, 0.1) is 5.92 Å². The molecule has 0 unspecified atom stereocenters. The molecular weight excluding hydrogens is 302 g/mol. The van der Waals surface area contributed by atoms with Crippen LogP contribution in [-0.2, 0) is 14.6 Å². The largest absolute Gasteiger partial charge is 0.384 e. The van der Waals surface area contributed by atoms with Crippen molar-refractivity contribution < 1.29 is 17.9 Å². The topological polar surface area (TPSA) is 63.7 Å². The van der Waals surface area contributed by atoms with Crippen molar-refractivity contribution in [3.63, 3.8) is 0 Å². The maximum Gasteiger partial charge on any atom is 0.253 e. The Balaban J connectivity index is 2.10. The molecule has 1 saturated heterocycles. The smallest absolute Gasteiger partial charge is 0.253 e. The highest BCUT2D eigenvalue weighted by molar-refractivity contribution is 7.91. The van der Waals surface area contributed by atoms with Gasteiger partial charge in [0.15, 0.2) is 9.84 Å². The Kier molecular flexibility index (Phi) is 5.58. The molecule has 122 valence electrons. The zero-order chi connectivity index (χ0) is 16.2. The Morgan fingerprint density at radius 3 is 2.59 bits per heavy atom. The lowest BCUT2D eigenvalue weighted by molar-refractivity contribution is 0.0683. The van der Waals surface area contributed by atoms with Gasteiger partial charge in [-0.25, -0.2) is 8.42 Å². The van der Waals surface area contributed by atoms with Crippen molar-refractivity contribution in [2.75, 3.05) is 32.6 Å². The SMILES string of the molecule is COCCS(=O)(=O)c1ccc(C(=O)N2CCC[C@H](C)C2)cc1. The van der Waals surface area contributed by atoms with Crippen molar-refractivity contribution >= 4 is 15.7 Å². The number of rotatable bonds is 5. The zero-order valence-electron chi connectivity index (χ0n) is 13.1. The van der Waals surface area contributed by atoms with E-state index in [9.17, 15) is 13.2 Å². The third kappa shape index (κ3) is 4.08. The lowest BCUT2D eigenvalue weighted by Gasteiger charge is -2.31. The van der Waals surface area contributed by atoms with E-state index in [1.807, 2.05) is 4.90 Å². The number of piperidine rings is 1. The van der Waals surface area contributed by atoms with Gasteiger partial charge in [-0.05, 0) is 43.0 Å². The van der Waals surface area contributed by atoms with Gasteiger partial charge in [0, 0.05) is 25.8 Å². The van der Waals surface area contributed by atoms with E-state index < -0.39 is 9.84 Å². The highest BCUT2D eigenvalue weighted by Crippen LogP contribution is 2.19. The van der Waals surface area contributed by atoms with Crippen LogP contribution >= 0.6 is 0 Å². The molecule has 6 heteroatoms. The number of amides is 1. The number of benzene rings is 1. The number of hydrogen-bond acceptors (Lipinski definition) is 4. The van der Waals surface area contributed by atoms with Crippen molar-refractivity contribution in [1.29, 1.82) is 0 Å². The molecule has 1 atom stereocenters. The van der Waals surface area contributed by atoms with E-state index in [2.05, 4.69) is 6.92 Å². The maximum atomic E-state index is 12.4. The molecule has 0 aliphatic carbocycles. The van der Waals surface area contributed by atoms with Crippen LogP contribution in [-0.4, -0.2) is 51.8 Å². The summed E-state index contributed by atoms with van der Waals surface area (Å²) in [4.78, 5) is 14.5. The van der Waals surface area contributed by atoms with Gasteiger partial charge in [0.1, 0.15) is 0 Å². The predicted octanol–water partition coefficient (Wildman–Crippen LogP) is 1.98. The Morgan fingerprint density at radius 2 is 2.00 bits per heavy atom. The quantitative estimate of drug-likeness (QED) is 0.830. The molecule has 1 fully saturated rings. The average Bonchev–Trinajstić information content (AvgIpc) is 2.52. The fraction of sp³-hybridized carbons (Fsp3) is 0.562. The van der Waals surface area contributed by atoms with Gasteiger partial charge in [0.2, 0.25) is 0 Å². The molecule has 2 rings (SSSR count). The monoisotopic (exact) mass is 325 g/mol. The second-order valence-electron chi connectivity index (χ2n) is 5.83. The minimum atomic E-state index is -3.35. The highest BCUT2D eigenvalue weighted by atomic mass is 32.2. The van der Waals surface area contributed by atoms with Crippen LogP contribution in [0.15, 0.2) is 29.2 Å². The van der Waals surface area contributed by atoms with Gasteiger partial charge in [-0.15, -0.1) is 0 Å². The third-order valence-electron chi connectivity index (χ3n) is 3.96. The third-order valence-corrected chi connectivity index (χ3v) is 5.66. The molecule has 0 saturated carbocycles.